The molecular formula is C30H47N7O+2. The predicted octanol–water partition coefficient (Wildman–Crippen LogP) is 5.39. The Balaban J connectivity index is 1.61. The number of hydrogen-bond donors (Lipinski definition) is 5. The second kappa shape index (κ2) is 12.8. The summed E-state index contributed by atoms with van der Waals surface area (Å²) in [5.41, 5.74) is 10.8. The van der Waals surface area contributed by atoms with Crippen molar-refractivity contribution in [3.8, 4) is 5.75 Å². The van der Waals surface area contributed by atoms with E-state index in [1.807, 2.05) is 24.3 Å². The molecule has 38 heavy (non-hydrogen) atoms. The Morgan fingerprint density at radius 1 is 0.737 bits per heavy atom. The summed E-state index contributed by atoms with van der Waals surface area (Å²) in [6, 6.07) is 18.1. The van der Waals surface area contributed by atoms with Crippen LogP contribution in [0.25, 0.3) is 0 Å². The summed E-state index contributed by atoms with van der Waals surface area (Å²) in [7, 11) is 13.3. The van der Waals surface area contributed by atoms with E-state index >= 15 is 0 Å². The Hall–Kier alpha value is -3.49. The van der Waals surface area contributed by atoms with E-state index in [2.05, 4.69) is 87.5 Å². The zero-order valence-corrected chi connectivity index (χ0v) is 24.0. The number of nitrogens with one attached hydrogen (secondary N) is 3. The third-order valence-corrected chi connectivity index (χ3v) is 6.29. The molecule has 2 aromatic carbocycles. The summed E-state index contributed by atoms with van der Waals surface area (Å²) in [5, 5.41) is 20.4. The van der Waals surface area contributed by atoms with Crippen molar-refractivity contribution in [2.24, 2.45) is 0 Å². The molecule has 0 saturated carbocycles. The largest absolute Gasteiger partial charge is 0.504 e. The van der Waals surface area contributed by atoms with E-state index < -0.39 is 0 Å². The van der Waals surface area contributed by atoms with Crippen LogP contribution in [0.2, 0.25) is 0 Å². The predicted molar refractivity (Wildman–Crippen MR) is 162 cm³/mol. The van der Waals surface area contributed by atoms with Crippen molar-refractivity contribution in [3.63, 3.8) is 0 Å². The Kier molecular flexibility index (Phi) is 9.83. The highest BCUT2D eigenvalue weighted by molar-refractivity contribution is 5.79. The van der Waals surface area contributed by atoms with Crippen LogP contribution in [0, 0.1) is 0 Å². The lowest BCUT2D eigenvalue weighted by atomic mass is 10.1. The van der Waals surface area contributed by atoms with Gasteiger partial charge in [0.05, 0.1) is 61.1 Å². The lowest BCUT2D eigenvalue weighted by Gasteiger charge is -2.23. The minimum Gasteiger partial charge on any atom is -0.504 e. The van der Waals surface area contributed by atoms with Crippen molar-refractivity contribution >= 4 is 34.4 Å². The van der Waals surface area contributed by atoms with Crippen LogP contribution in [0.15, 0.2) is 54.6 Å². The van der Waals surface area contributed by atoms with E-state index in [0.717, 1.165) is 52.0 Å². The van der Waals surface area contributed by atoms with Crippen molar-refractivity contribution in [2.75, 3.05) is 83.6 Å². The zero-order chi connectivity index (χ0) is 27.8. The molecule has 3 rings (SSSR count). The first kappa shape index (κ1) is 29.1. The molecule has 0 aliphatic carbocycles. The van der Waals surface area contributed by atoms with Gasteiger partial charge in [-0.05, 0) is 61.2 Å². The van der Waals surface area contributed by atoms with Gasteiger partial charge in [-0.15, -0.1) is 0 Å². The summed E-state index contributed by atoms with van der Waals surface area (Å²) in [6.45, 7) is 3.23. The van der Waals surface area contributed by atoms with Gasteiger partial charge in [-0.1, -0.05) is 12.1 Å². The number of aryl methyl sites for hydroxylation is 1. The lowest BCUT2D eigenvalue weighted by molar-refractivity contribution is -0.870. The average Bonchev–Trinajstić information content (AvgIpc) is 2.83. The van der Waals surface area contributed by atoms with Crippen LogP contribution < -0.4 is 21.7 Å². The van der Waals surface area contributed by atoms with Crippen LogP contribution in [-0.2, 0) is 6.42 Å². The minimum absolute atomic E-state index is 0.0576. The van der Waals surface area contributed by atoms with Gasteiger partial charge < -0.3 is 35.8 Å². The van der Waals surface area contributed by atoms with Crippen molar-refractivity contribution in [2.45, 2.75) is 25.7 Å². The molecule has 0 atom stereocenters. The molecule has 0 aliphatic heterocycles. The third-order valence-electron chi connectivity index (χ3n) is 6.29. The van der Waals surface area contributed by atoms with E-state index in [4.69, 9.17) is 5.73 Å². The molecule has 0 amide bonds. The fourth-order valence-electron chi connectivity index (χ4n) is 4.13. The second-order valence-corrected chi connectivity index (χ2v) is 12.1. The standard InChI is InChI=1S/C30H46N7O/c1-36(2,3)20-8-7-10-23-11-13-26(14-12-23)34-30-27(22-28(38)29(31)35-30)33-25-17-15-24(16-18-25)32-19-9-21-37(4,5)6/h11-18,22,32-33H,7-10,19-21H2,1-6H3,(H3-,31,34,35,38)/q+1/p+1. The fourth-order valence-corrected chi connectivity index (χ4v) is 4.13. The van der Waals surface area contributed by atoms with Crippen LogP contribution in [0.3, 0.4) is 0 Å². The molecule has 0 fully saturated rings. The number of aromatic hydroxyl groups is 1. The number of unbranched alkanes of at least 4 members (excludes halogenated alkanes) is 1. The Bertz CT molecular complexity index is 1050. The molecule has 8 heteroatoms. The van der Waals surface area contributed by atoms with Gasteiger partial charge in [-0.25, -0.2) is 4.98 Å². The number of pyridine rings is 1. The molecule has 0 aliphatic rings. The molecule has 8 nitrogen and oxygen atoms in total. The first-order valence-corrected chi connectivity index (χ1v) is 13.5. The molecule has 206 valence electrons. The van der Waals surface area contributed by atoms with Gasteiger partial charge in [0.1, 0.15) is 0 Å². The van der Waals surface area contributed by atoms with Crippen LogP contribution in [0.1, 0.15) is 24.8 Å². The van der Waals surface area contributed by atoms with Crippen LogP contribution in [-0.4, -0.2) is 81.0 Å². The normalized spacial score (nSPS) is 11.8. The molecule has 0 saturated heterocycles. The first-order valence-electron chi connectivity index (χ1n) is 13.5. The van der Waals surface area contributed by atoms with E-state index in [1.54, 1.807) is 6.07 Å². The number of quaternary nitrogens is 2. The Morgan fingerprint density at radius 3 is 1.92 bits per heavy atom. The maximum atomic E-state index is 10.2. The van der Waals surface area contributed by atoms with Crippen LogP contribution >= 0.6 is 0 Å². The first-order chi connectivity index (χ1) is 17.9. The Morgan fingerprint density at radius 2 is 1.29 bits per heavy atom. The number of aromatic nitrogens is 1. The van der Waals surface area contributed by atoms with E-state index in [0.29, 0.717) is 11.5 Å². The quantitative estimate of drug-likeness (QED) is 0.144. The van der Waals surface area contributed by atoms with E-state index in [9.17, 15) is 5.11 Å². The van der Waals surface area contributed by atoms with Gasteiger partial charge in [0.25, 0.3) is 0 Å². The van der Waals surface area contributed by atoms with Crippen molar-refractivity contribution < 1.29 is 14.1 Å². The summed E-state index contributed by atoms with van der Waals surface area (Å²) in [4.78, 5) is 4.40. The summed E-state index contributed by atoms with van der Waals surface area (Å²) >= 11 is 0. The monoisotopic (exact) mass is 521 g/mol. The molecular weight excluding hydrogens is 474 g/mol. The highest BCUT2D eigenvalue weighted by atomic mass is 16.3. The average molecular weight is 522 g/mol. The highest BCUT2D eigenvalue weighted by Gasteiger charge is 2.11. The van der Waals surface area contributed by atoms with Gasteiger partial charge in [-0.2, -0.15) is 0 Å². The number of nitrogens with zero attached hydrogens (tertiary/aromatic N) is 3. The van der Waals surface area contributed by atoms with Gasteiger partial charge in [0.2, 0.25) is 0 Å². The lowest BCUT2D eigenvalue weighted by Crippen LogP contribution is -2.36. The maximum absolute atomic E-state index is 10.2. The van der Waals surface area contributed by atoms with Crippen molar-refractivity contribution in [1.82, 2.24) is 4.98 Å². The van der Waals surface area contributed by atoms with Gasteiger partial charge in [0.15, 0.2) is 17.4 Å². The number of nitrogen functional groups attached to an aromatic ring is 1. The van der Waals surface area contributed by atoms with E-state index in [-0.39, 0.29) is 11.6 Å². The number of hydrogen-bond acceptors (Lipinski definition) is 6. The number of anilines is 6. The van der Waals surface area contributed by atoms with Gasteiger partial charge in [-0.3, -0.25) is 0 Å². The molecule has 1 aromatic heterocycles. The highest BCUT2D eigenvalue weighted by Crippen LogP contribution is 2.33. The summed E-state index contributed by atoms with van der Waals surface area (Å²) in [6.07, 6.45) is 4.56. The molecule has 0 bridgehead atoms. The third kappa shape index (κ3) is 10.1. The zero-order valence-electron chi connectivity index (χ0n) is 24.0. The number of nitrogens with two attached hydrogens (primary N) is 1. The molecule has 0 spiro atoms. The molecule has 6 N–H and O–H groups in total. The minimum atomic E-state index is -0.0576. The topological polar surface area (TPSA) is 95.2 Å². The fraction of sp³-hybridized carbons (Fsp3) is 0.433. The molecule has 1 heterocycles. The summed E-state index contributed by atoms with van der Waals surface area (Å²) < 4.78 is 1.96. The van der Waals surface area contributed by atoms with E-state index in [1.165, 1.54) is 24.9 Å². The number of rotatable bonds is 14. The van der Waals surface area contributed by atoms with Crippen LogP contribution in [0.5, 0.6) is 5.75 Å². The Labute approximate surface area is 228 Å². The van der Waals surface area contributed by atoms with Crippen molar-refractivity contribution in [1.29, 1.82) is 0 Å². The van der Waals surface area contributed by atoms with Crippen molar-refractivity contribution in [3.05, 3.63) is 60.2 Å². The molecule has 0 unspecified atom stereocenters. The SMILES string of the molecule is C[N+](C)(C)CCCCc1ccc(Nc2nc(N)c(O)cc2Nc2ccc(NCCC[N+](C)(C)C)cc2)cc1. The summed E-state index contributed by atoms with van der Waals surface area (Å²) in [5.74, 6) is 0.580. The van der Waals surface area contributed by atoms with Gasteiger partial charge in [0, 0.05) is 36.1 Å². The molecule has 0 radical (unpaired) electrons. The van der Waals surface area contributed by atoms with Crippen LogP contribution in [0.4, 0.5) is 34.4 Å². The smallest absolute Gasteiger partial charge is 0.168 e. The number of benzene rings is 2. The molecule has 3 aromatic rings. The van der Waals surface area contributed by atoms with Gasteiger partial charge >= 0.3 is 0 Å². The maximum Gasteiger partial charge on any atom is 0.168 e. The second-order valence-electron chi connectivity index (χ2n) is 12.1.